The molecule has 0 aliphatic carbocycles. The van der Waals surface area contributed by atoms with Gasteiger partial charge in [0.25, 0.3) is 5.91 Å². The summed E-state index contributed by atoms with van der Waals surface area (Å²) in [5, 5.41) is 2.71. The van der Waals surface area contributed by atoms with Crippen LogP contribution in [0.1, 0.15) is 26.3 Å². The van der Waals surface area contributed by atoms with Crippen LogP contribution in [-0.4, -0.2) is 23.9 Å². The Morgan fingerprint density at radius 3 is 2.66 bits per heavy atom. The molecule has 29 heavy (non-hydrogen) atoms. The molecule has 148 valence electrons. The number of carbonyl (C=O) groups is 2. The van der Waals surface area contributed by atoms with E-state index >= 15 is 0 Å². The van der Waals surface area contributed by atoms with E-state index in [4.69, 9.17) is 15.2 Å². The first-order valence-electron chi connectivity index (χ1n) is 8.58. The van der Waals surface area contributed by atoms with Crippen LogP contribution < -0.4 is 20.5 Å². The second kappa shape index (κ2) is 8.83. The Kier molecular flexibility index (Phi) is 6.03. The monoisotopic (exact) mass is 395 g/mol. The minimum absolute atomic E-state index is 0.0654. The van der Waals surface area contributed by atoms with Gasteiger partial charge in [-0.05, 0) is 42.0 Å². The van der Waals surface area contributed by atoms with E-state index in [0.29, 0.717) is 11.4 Å². The lowest BCUT2D eigenvalue weighted by atomic mass is 10.1. The minimum atomic E-state index is -0.617. The maximum absolute atomic E-state index is 13.8. The van der Waals surface area contributed by atoms with Gasteiger partial charge in [0.1, 0.15) is 12.4 Å². The van der Waals surface area contributed by atoms with Crippen LogP contribution in [0.3, 0.4) is 0 Å². The number of nitrogens with two attached hydrogens (primary N) is 1. The number of ether oxygens (including phenoxy) is 2. The molecule has 0 saturated carbocycles. The highest BCUT2D eigenvalue weighted by Gasteiger charge is 2.11. The van der Waals surface area contributed by atoms with E-state index in [-0.39, 0.29) is 23.5 Å². The topological polar surface area (TPSA) is 104 Å². The van der Waals surface area contributed by atoms with Crippen LogP contribution in [0.5, 0.6) is 11.5 Å². The van der Waals surface area contributed by atoms with Crippen LogP contribution in [0.4, 0.5) is 10.1 Å². The number of nitrogens with zero attached hydrogens (tertiary/aromatic N) is 1. The van der Waals surface area contributed by atoms with Crippen molar-refractivity contribution in [3.63, 3.8) is 0 Å². The summed E-state index contributed by atoms with van der Waals surface area (Å²) in [6.45, 7) is 0.185. The molecule has 3 N–H and O–H groups in total. The average Bonchev–Trinajstić information content (AvgIpc) is 2.72. The van der Waals surface area contributed by atoms with Crippen molar-refractivity contribution in [2.24, 2.45) is 5.73 Å². The maximum atomic E-state index is 13.8. The summed E-state index contributed by atoms with van der Waals surface area (Å²) in [6.07, 6.45) is 2.82. The van der Waals surface area contributed by atoms with Gasteiger partial charge in [-0.1, -0.05) is 12.1 Å². The molecule has 1 aromatic heterocycles. The molecule has 3 aromatic rings. The number of hydrogen-bond donors (Lipinski definition) is 2. The Bertz CT molecular complexity index is 1060. The molecule has 0 saturated heterocycles. The van der Waals surface area contributed by atoms with Crippen LogP contribution >= 0.6 is 0 Å². The normalized spacial score (nSPS) is 10.3. The second-order valence-corrected chi connectivity index (χ2v) is 6.07. The van der Waals surface area contributed by atoms with Crippen LogP contribution in [-0.2, 0) is 6.61 Å². The Morgan fingerprint density at radius 1 is 1.10 bits per heavy atom. The molecule has 3 rings (SSSR count). The van der Waals surface area contributed by atoms with Crippen molar-refractivity contribution in [2.75, 3.05) is 12.4 Å². The molecule has 8 heteroatoms. The first-order valence-corrected chi connectivity index (χ1v) is 8.58. The molecule has 0 radical (unpaired) electrons. The fourth-order valence-electron chi connectivity index (χ4n) is 2.55. The summed E-state index contributed by atoms with van der Waals surface area (Å²) in [7, 11) is 1.35. The van der Waals surface area contributed by atoms with Gasteiger partial charge < -0.3 is 20.5 Å². The van der Waals surface area contributed by atoms with Gasteiger partial charge in [-0.25, -0.2) is 4.39 Å². The van der Waals surface area contributed by atoms with Crippen LogP contribution in [0, 0.1) is 5.82 Å². The Morgan fingerprint density at radius 2 is 1.93 bits per heavy atom. The fourth-order valence-corrected chi connectivity index (χ4v) is 2.55. The average molecular weight is 395 g/mol. The number of pyridine rings is 1. The largest absolute Gasteiger partial charge is 0.494 e. The molecule has 0 atom stereocenters. The number of primary amides is 1. The highest BCUT2D eigenvalue weighted by Crippen LogP contribution is 2.20. The van der Waals surface area contributed by atoms with E-state index in [0.717, 1.165) is 11.6 Å². The van der Waals surface area contributed by atoms with Gasteiger partial charge in [0.15, 0.2) is 11.6 Å². The van der Waals surface area contributed by atoms with Crippen molar-refractivity contribution in [1.82, 2.24) is 4.98 Å². The lowest BCUT2D eigenvalue weighted by Gasteiger charge is -2.10. The molecule has 2 amide bonds. The lowest BCUT2D eigenvalue weighted by molar-refractivity contribution is 0.0997. The van der Waals surface area contributed by atoms with Gasteiger partial charge in [-0.2, -0.15) is 0 Å². The Labute approximate surface area is 166 Å². The number of benzene rings is 2. The first kappa shape index (κ1) is 19.8. The molecule has 2 aromatic carbocycles. The zero-order valence-corrected chi connectivity index (χ0v) is 15.5. The number of hydrogen-bond acceptors (Lipinski definition) is 5. The number of anilines is 1. The standard InChI is InChI=1S/C21H18FN3O4/c1-28-19-6-5-14(9-18(19)22)21(27)25-16-4-2-3-13(7-16)12-29-17-8-15(20(23)26)10-24-11-17/h2-11H,12H2,1H3,(H2,23,26)(H,25,27). The first-order chi connectivity index (χ1) is 14.0. The second-order valence-electron chi connectivity index (χ2n) is 6.07. The third-order valence-corrected chi connectivity index (χ3v) is 4.00. The zero-order valence-electron chi connectivity index (χ0n) is 15.5. The third kappa shape index (κ3) is 5.07. The van der Waals surface area contributed by atoms with Crippen LogP contribution in [0.2, 0.25) is 0 Å². The number of methoxy groups -OCH3 is 1. The molecule has 7 nitrogen and oxygen atoms in total. The molecule has 0 spiro atoms. The van der Waals surface area contributed by atoms with Crippen molar-refractivity contribution in [1.29, 1.82) is 0 Å². The predicted molar refractivity (Wildman–Crippen MR) is 104 cm³/mol. The number of carbonyl (C=O) groups excluding carboxylic acids is 2. The number of aromatic nitrogens is 1. The van der Waals surface area contributed by atoms with Gasteiger partial charge in [0.05, 0.1) is 18.9 Å². The van der Waals surface area contributed by atoms with Crippen molar-refractivity contribution >= 4 is 17.5 Å². The number of halogens is 1. The Hall–Kier alpha value is -3.94. The number of nitrogens with one attached hydrogen (secondary N) is 1. The summed E-state index contributed by atoms with van der Waals surface area (Å²) in [4.78, 5) is 27.5. The molecule has 0 fully saturated rings. The van der Waals surface area contributed by atoms with Crippen LogP contribution in [0.25, 0.3) is 0 Å². The highest BCUT2D eigenvalue weighted by molar-refractivity contribution is 6.04. The summed E-state index contributed by atoms with van der Waals surface area (Å²) in [5.74, 6) is -1.21. The smallest absolute Gasteiger partial charge is 0.255 e. The van der Waals surface area contributed by atoms with E-state index in [9.17, 15) is 14.0 Å². The Balaban J connectivity index is 1.66. The highest BCUT2D eigenvalue weighted by atomic mass is 19.1. The van der Waals surface area contributed by atoms with Gasteiger partial charge in [-0.15, -0.1) is 0 Å². The van der Waals surface area contributed by atoms with Crippen molar-refractivity contribution in [3.05, 3.63) is 83.4 Å². The molecule has 1 heterocycles. The molecule has 0 aliphatic rings. The SMILES string of the molecule is COc1ccc(C(=O)Nc2cccc(COc3cncc(C(N)=O)c3)c2)cc1F. The molecule has 0 unspecified atom stereocenters. The fraction of sp³-hybridized carbons (Fsp3) is 0.0952. The van der Waals surface area contributed by atoms with E-state index in [1.807, 2.05) is 6.07 Å². The van der Waals surface area contributed by atoms with E-state index in [1.165, 1.54) is 37.7 Å². The summed E-state index contributed by atoms with van der Waals surface area (Å²) in [5.41, 5.74) is 6.93. The quantitative estimate of drug-likeness (QED) is 0.640. The van der Waals surface area contributed by atoms with Crippen molar-refractivity contribution in [3.8, 4) is 11.5 Å². The van der Waals surface area contributed by atoms with Crippen LogP contribution in [0.15, 0.2) is 60.9 Å². The van der Waals surface area contributed by atoms with Gasteiger partial charge >= 0.3 is 0 Å². The van der Waals surface area contributed by atoms with Crippen molar-refractivity contribution < 1.29 is 23.5 Å². The predicted octanol–water partition coefficient (Wildman–Crippen LogP) is 3.16. The summed E-state index contributed by atoms with van der Waals surface area (Å²) < 4.78 is 24.3. The number of amides is 2. The minimum Gasteiger partial charge on any atom is -0.494 e. The third-order valence-electron chi connectivity index (χ3n) is 4.00. The van der Waals surface area contributed by atoms with Gasteiger partial charge in [0.2, 0.25) is 5.91 Å². The molecule has 0 bridgehead atoms. The molecular weight excluding hydrogens is 377 g/mol. The van der Waals surface area contributed by atoms with E-state index in [1.54, 1.807) is 18.2 Å². The molecule has 0 aliphatic heterocycles. The van der Waals surface area contributed by atoms with E-state index in [2.05, 4.69) is 10.3 Å². The molecular formula is C21H18FN3O4. The maximum Gasteiger partial charge on any atom is 0.255 e. The zero-order chi connectivity index (χ0) is 20.8. The summed E-state index contributed by atoms with van der Waals surface area (Å²) >= 11 is 0. The van der Waals surface area contributed by atoms with Gasteiger partial charge in [0, 0.05) is 17.4 Å². The summed E-state index contributed by atoms with van der Waals surface area (Å²) in [6, 6.07) is 12.5. The van der Waals surface area contributed by atoms with Gasteiger partial charge in [-0.3, -0.25) is 14.6 Å². The lowest BCUT2D eigenvalue weighted by Crippen LogP contribution is -2.12. The van der Waals surface area contributed by atoms with E-state index < -0.39 is 17.6 Å². The van der Waals surface area contributed by atoms with Crippen molar-refractivity contribution in [2.45, 2.75) is 6.61 Å². The number of rotatable bonds is 7.